The molecular weight excluding hydrogens is 332 g/mol. The summed E-state index contributed by atoms with van der Waals surface area (Å²) >= 11 is 1.71. The molecule has 2 aliphatic rings. The second-order valence-electron chi connectivity index (χ2n) is 6.83. The zero-order chi connectivity index (χ0) is 17.4. The predicted octanol–water partition coefficient (Wildman–Crippen LogP) is 4.07. The van der Waals surface area contributed by atoms with E-state index in [9.17, 15) is 9.59 Å². The fourth-order valence-electron chi connectivity index (χ4n) is 4.15. The number of hydrogen-bond acceptors (Lipinski definition) is 4. The summed E-state index contributed by atoms with van der Waals surface area (Å²) in [5.41, 5.74) is 1.41. The molecule has 25 heavy (non-hydrogen) atoms. The lowest BCUT2D eigenvalue weighted by Gasteiger charge is -2.37. The van der Waals surface area contributed by atoms with E-state index in [1.54, 1.807) is 23.2 Å². The van der Waals surface area contributed by atoms with Crippen molar-refractivity contribution < 1.29 is 9.59 Å². The van der Waals surface area contributed by atoms with E-state index in [4.69, 9.17) is 0 Å². The van der Waals surface area contributed by atoms with Gasteiger partial charge in [0.05, 0.1) is 5.69 Å². The number of amides is 1. The molecule has 0 saturated heterocycles. The first kappa shape index (κ1) is 16.5. The van der Waals surface area contributed by atoms with Gasteiger partial charge in [-0.05, 0) is 36.4 Å². The van der Waals surface area contributed by atoms with Gasteiger partial charge in [0.2, 0.25) is 11.7 Å². The summed E-state index contributed by atoms with van der Waals surface area (Å²) in [6.07, 6.45) is 4.06. The molecule has 2 heterocycles. The molecule has 2 aromatic rings. The molecule has 1 fully saturated rings. The third kappa shape index (κ3) is 2.92. The Morgan fingerprint density at radius 2 is 1.96 bits per heavy atom. The quantitative estimate of drug-likeness (QED) is 0.831. The minimum absolute atomic E-state index is 0.0502. The van der Waals surface area contributed by atoms with Gasteiger partial charge >= 0.3 is 0 Å². The van der Waals surface area contributed by atoms with Gasteiger partial charge in [0.1, 0.15) is 0 Å². The molecule has 4 rings (SSSR count). The molecule has 0 N–H and O–H groups in total. The van der Waals surface area contributed by atoms with Crippen molar-refractivity contribution in [1.82, 2.24) is 4.90 Å². The summed E-state index contributed by atoms with van der Waals surface area (Å²) in [7, 11) is 0. The predicted molar refractivity (Wildman–Crippen MR) is 99.8 cm³/mol. The van der Waals surface area contributed by atoms with Crippen LogP contribution in [0.1, 0.15) is 47.8 Å². The van der Waals surface area contributed by atoms with Crippen LogP contribution in [-0.2, 0) is 11.3 Å². The zero-order valence-electron chi connectivity index (χ0n) is 14.4. The van der Waals surface area contributed by atoms with Crippen molar-refractivity contribution in [3.05, 3.63) is 52.2 Å². The largest absolute Gasteiger partial charge is 0.290 e. The number of carbonyl (C=O) groups is 2. The maximum atomic E-state index is 13.2. The van der Waals surface area contributed by atoms with E-state index in [1.165, 1.54) is 17.7 Å². The maximum Gasteiger partial charge on any atom is 0.225 e. The Balaban J connectivity index is 1.74. The molecule has 0 radical (unpaired) electrons. The van der Waals surface area contributed by atoms with Crippen LogP contribution in [0.5, 0.6) is 0 Å². The highest BCUT2D eigenvalue weighted by Gasteiger charge is 2.45. The number of fused-ring (bicyclic) bond motifs is 1. The molecule has 0 bridgehead atoms. The molecule has 1 saturated carbocycles. The van der Waals surface area contributed by atoms with E-state index in [0.29, 0.717) is 11.6 Å². The maximum absolute atomic E-state index is 13.2. The average molecular weight is 354 g/mol. The van der Waals surface area contributed by atoms with Crippen LogP contribution in [0.2, 0.25) is 0 Å². The molecule has 4 nitrogen and oxygen atoms in total. The number of anilines is 1. The summed E-state index contributed by atoms with van der Waals surface area (Å²) in [4.78, 5) is 30.8. The van der Waals surface area contributed by atoms with E-state index in [2.05, 4.69) is 16.3 Å². The Kier molecular flexibility index (Phi) is 4.44. The molecule has 1 aliphatic carbocycles. The van der Waals surface area contributed by atoms with Gasteiger partial charge in [-0.2, -0.15) is 0 Å². The van der Waals surface area contributed by atoms with Crippen LogP contribution in [0.15, 0.2) is 41.8 Å². The molecule has 1 atom stereocenters. The van der Waals surface area contributed by atoms with Gasteiger partial charge in [-0.1, -0.05) is 31.0 Å². The van der Waals surface area contributed by atoms with Crippen LogP contribution < -0.4 is 4.90 Å². The van der Waals surface area contributed by atoms with E-state index in [1.807, 2.05) is 30.3 Å². The second-order valence-corrected chi connectivity index (χ2v) is 7.87. The van der Waals surface area contributed by atoms with Crippen molar-refractivity contribution in [3.8, 4) is 0 Å². The van der Waals surface area contributed by atoms with Gasteiger partial charge in [-0.15, -0.1) is 11.3 Å². The number of nitrogens with zero attached hydrogens (tertiary/aromatic N) is 2. The highest BCUT2D eigenvalue weighted by Crippen LogP contribution is 2.37. The normalized spacial score (nSPS) is 20.5. The SMILES string of the molecule is CC(=O)N1c2ccccc2C(=O)C1N(Cc1cccs1)C1CCCC1. The summed E-state index contributed by atoms with van der Waals surface area (Å²) in [6.45, 7) is 2.27. The number of benzene rings is 1. The van der Waals surface area contributed by atoms with E-state index in [0.717, 1.165) is 25.1 Å². The first-order valence-corrected chi connectivity index (χ1v) is 9.76. The molecule has 1 aromatic heterocycles. The Morgan fingerprint density at radius 3 is 2.64 bits per heavy atom. The molecule has 0 spiro atoms. The van der Waals surface area contributed by atoms with Crippen molar-refractivity contribution in [2.45, 2.75) is 51.4 Å². The van der Waals surface area contributed by atoms with Gasteiger partial charge in [0.15, 0.2) is 6.17 Å². The molecule has 1 amide bonds. The molecular formula is C20H22N2O2S. The van der Waals surface area contributed by atoms with Gasteiger partial charge in [0, 0.05) is 30.0 Å². The fraction of sp³-hybridized carbons (Fsp3) is 0.400. The Bertz CT molecular complexity index is 781. The van der Waals surface area contributed by atoms with E-state index >= 15 is 0 Å². The third-order valence-electron chi connectivity index (χ3n) is 5.27. The van der Waals surface area contributed by atoms with Crippen LogP contribution in [0.25, 0.3) is 0 Å². The number of rotatable bonds is 4. The summed E-state index contributed by atoms with van der Waals surface area (Å²) in [6, 6.07) is 12.0. The lowest BCUT2D eigenvalue weighted by atomic mass is 10.1. The van der Waals surface area contributed by atoms with Gasteiger partial charge < -0.3 is 0 Å². The smallest absolute Gasteiger partial charge is 0.225 e. The van der Waals surface area contributed by atoms with Crippen molar-refractivity contribution in [3.63, 3.8) is 0 Å². The fourth-order valence-corrected chi connectivity index (χ4v) is 4.87. The first-order valence-electron chi connectivity index (χ1n) is 8.88. The zero-order valence-corrected chi connectivity index (χ0v) is 15.2. The Morgan fingerprint density at radius 1 is 1.20 bits per heavy atom. The van der Waals surface area contributed by atoms with Gasteiger partial charge in [-0.3, -0.25) is 19.4 Å². The van der Waals surface area contributed by atoms with Crippen molar-refractivity contribution in [2.24, 2.45) is 0 Å². The molecule has 1 aromatic carbocycles. The van der Waals surface area contributed by atoms with E-state index in [-0.39, 0.29) is 11.7 Å². The average Bonchev–Trinajstić information content (AvgIpc) is 3.34. The van der Waals surface area contributed by atoms with Crippen LogP contribution >= 0.6 is 11.3 Å². The molecule has 1 unspecified atom stereocenters. The summed E-state index contributed by atoms with van der Waals surface area (Å²) < 4.78 is 0. The lowest BCUT2D eigenvalue weighted by molar-refractivity contribution is -0.117. The number of hydrogen-bond donors (Lipinski definition) is 0. The highest BCUT2D eigenvalue weighted by atomic mass is 32.1. The van der Waals surface area contributed by atoms with E-state index < -0.39 is 6.17 Å². The van der Waals surface area contributed by atoms with Crippen LogP contribution in [0, 0.1) is 0 Å². The second kappa shape index (κ2) is 6.73. The van der Waals surface area contributed by atoms with Gasteiger partial charge in [0.25, 0.3) is 0 Å². The van der Waals surface area contributed by atoms with Crippen LogP contribution in [-0.4, -0.2) is 28.8 Å². The number of Topliss-reactive ketones (excluding diaryl/α,β-unsaturated/α-hetero) is 1. The van der Waals surface area contributed by atoms with Crippen molar-refractivity contribution in [1.29, 1.82) is 0 Å². The number of para-hydroxylation sites is 1. The minimum atomic E-state index is -0.514. The van der Waals surface area contributed by atoms with Gasteiger partial charge in [-0.25, -0.2) is 0 Å². The lowest BCUT2D eigenvalue weighted by Crippen LogP contribution is -2.54. The summed E-state index contributed by atoms with van der Waals surface area (Å²) in [5.74, 6) is -0.0215. The molecule has 1 aliphatic heterocycles. The monoisotopic (exact) mass is 354 g/mol. The standard InChI is InChI=1S/C20H22N2O2S/c1-14(23)22-18-11-5-4-10-17(18)19(24)20(22)21(15-7-2-3-8-15)13-16-9-6-12-25-16/h4-6,9-12,15,20H,2-3,7-8,13H2,1H3. The third-order valence-corrected chi connectivity index (χ3v) is 6.13. The highest BCUT2D eigenvalue weighted by molar-refractivity contribution is 7.09. The summed E-state index contributed by atoms with van der Waals surface area (Å²) in [5, 5.41) is 2.07. The van der Waals surface area contributed by atoms with Crippen molar-refractivity contribution in [2.75, 3.05) is 4.90 Å². The molecule has 5 heteroatoms. The number of carbonyl (C=O) groups excluding carboxylic acids is 2. The molecule has 130 valence electrons. The van der Waals surface area contributed by atoms with Crippen LogP contribution in [0.4, 0.5) is 5.69 Å². The topological polar surface area (TPSA) is 40.6 Å². The Hall–Kier alpha value is -1.98. The number of ketones is 1. The Labute approximate surface area is 152 Å². The number of thiophene rings is 1. The minimum Gasteiger partial charge on any atom is -0.290 e. The van der Waals surface area contributed by atoms with Crippen LogP contribution in [0.3, 0.4) is 0 Å². The first-order chi connectivity index (χ1) is 12.2. The van der Waals surface area contributed by atoms with Crippen molar-refractivity contribution >= 4 is 28.7 Å².